The first-order chi connectivity index (χ1) is 13.0. The second-order valence-electron chi connectivity index (χ2n) is 6.82. The Labute approximate surface area is 157 Å². The number of rotatable bonds is 7. The van der Waals surface area contributed by atoms with E-state index in [2.05, 4.69) is 10.4 Å². The molecule has 1 amide bonds. The Morgan fingerprint density at radius 2 is 1.96 bits per heavy atom. The summed E-state index contributed by atoms with van der Waals surface area (Å²) in [5.74, 6) is 0.0869. The van der Waals surface area contributed by atoms with Gasteiger partial charge in [0.1, 0.15) is 5.69 Å². The molecule has 0 saturated carbocycles. The van der Waals surface area contributed by atoms with Crippen LogP contribution in [0.5, 0.6) is 0 Å². The zero-order valence-corrected chi connectivity index (χ0v) is 15.8. The van der Waals surface area contributed by atoms with Gasteiger partial charge in [-0.3, -0.25) is 9.59 Å². The smallest absolute Gasteiger partial charge is 0.282 e. The Morgan fingerprint density at radius 1 is 1.22 bits per heavy atom. The molecular weight excluding hydrogens is 344 g/mol. The first-order valence-corrected chi connectivity index (χ1v) is 8.96. The third-order valence-corrected chi connectivity index (χ3v) is 4.19. The Morgan fingerprint density at radius 3 is 2.63 bits per heavy atom. The molecule has 2 aliphatic rings. The van der Waals surface area contributed by atoms with Gasteiger partial charge in [-0.05, 0) is 18.1 Å². The van der Waals surface area contributed by atoms with E-state index < -0.39 is 0 Å². The van der Waals surface area contributed by atoms with Gasteiger partial charge in [0.2, 0.25) is 0 Å². The van der Waals surface area contributed by atoms with Crippen molar-refractivity contribution in [2.24, 2.45) is 5.92 Å². The molecule has 0 aromatic heterocycles. The number of amides is 1. The molecule has 142 valence electrons. The van der Waals surface area contributed by atoms with E-state index in [1.165, 1.54) is 4.68 Å². The number of benzene rings is 1. The number of methoxy groups -OCH3 is 1. The van der Waals surface area contributed by atoms with Crippen molar-refractivity contribution < 1.29 is 9.53 Å². The third kappa shape index (κ3) is 4.09. The lowest BCUT2D eigenvalue weighted by molar-refractivity contribution is 0.0948. The topological polar surface area (TPSA) is 78.2 Å². The summed E-state index contributed by atoms with van der Waals surface area (Å²) in [7, 11) is 1.61. The highest BCUT2D eigenvalue weighted by atomic mass is 16.5. The monoisotopic (exact) mass is 368 g/mol. The molecule has 0 saturated heterocycles. The first-order valence-electron chi connectivity index (χ1n) is 8.96. The molecular formula is C20H24N4O3. The number of para-hydroxylation sites is 1. The number of aromatic nitrogens is 3. The van der Waals surface area contributed by atoms with Crippen LogP contribution in [0.25, 0.3) is 16.9 Å². The highest BCUT2D eigenvalue weighted by molar-refractivity contribution is 5.99. The number of ether oxygens (including phenoxy) is 1. The molecule has 0 spiro atoms. The molecule has 1 aromatic rings. The van der Waals surface area contributed by atoms with Crippen LogP contribution in [0.3, 0.4) is 0 Å². The van der Waals surface area contributed by atoms with Crippen molar-refractivity contribution in [1.82, 2.24) is 19.7 Å². The van der Waals surface area contributed by atoms with Crippen LogP contribution in [0.1, 0.15) is 24.2 Å². The normalized spacial score (nSPS) is 11.3. The minimum Gasteiger partial charge on any atom is -0.383 e. The van der Waals surface area contributed by atoms with Gasteiger partial charge in [0.05, 0.1) is 23.4 Å². The van der Waals surface area contributed by atoms with E-state index in [1.807, 2.05) is 44.2 Å². The summed E-state index contributed by atoms with van der Waals surface area (Å²) < 4.78 is 8.26. The predicted molar refractivity (Wildman–Crippen MR) is 103 cm³/mol. The summed E-state index contributed by atoms with van der Waals surface area (Å²) in [5.41, 5.74) is 1.61. The molecule has 1 aromatic carbocycles. The van der Waals surface area contributed by atoms with Gasteiger partial charge in [0, 0.05) is 32.6 Å². The molecule has 0 bridgehead atoms. The summed E-state index contributed by atoms with van der Waals surface area (Å²) >= 11 is 0. The third-order valence-electron chi connectivity index (χ3n) is 4.19. The van der Waals surface area contributed by atoms with Gasteiger partial charge in [-0.2, -0.15) is 9.78 Å². The maximum Gasteiger partial charge on any atom is 0.282 e. The lowest BCUT2D eigenvalue weighted by Gasteiger charge is -2.13. The van der Waals surface area contributed by atoms with Crippen LogP contribution in [0.2, 0.25) is 0 Å². The fourth-order valence-corrected chi connectivity index (χ4v) is 2.79. The molecule has 2 aliphatic heterocycles. The number of nitrogens with zero attached hydrogens (tertiary/aromatic N) is 3. The van der Waals surface area contributed by atoms with Crippen LogP contribution in [-0.2, 0) is 11.3 Å². The Kier molecular flexibility index (Phi) is 5.71. The molecule has 2 heterocycles. The summed E-state index contributed by atoms with van der Waals surface area (Å²) in [6, 6.07) is 9.18. The SMILES string of the molecule is COCCn1cc(C(=O)NCC(C)C)c2nn(-c3ccccc3)c(=O)c-2c1. The van der Waals surface area contributed by atoms with Crippen molar-refractivity contribution in [3.63, 3.8) is 0 Å². The molecule has 1 N–H and O–H groups in total. The number of fused-ring (bicyclic) bond motifs is 1. The zero-order valence-electron chi connectivity index (χ0n) is 15.8. The van der Waals surface area contributed by atoms with Gasteiger partial charge in [0.15, 0.2) is 0 Å². The van der Waals surface area contributed by atoms with Crippen molar-refractivity contribution in [3.05, 3.63) is 58.6 Å². The van der Waals surface area contributed by atoms with Gasteiger partial charge in [-0.1, -0.05) is 32.0 Å². The maximum atomic E-state index is 12.9. The molecule has 0 atom stereocenters. The van der Waals surface area contributed by atoms with E-state index in [-0.39, 0.29) is 11.5 Å². The lowest BCUT2D eigenvalue weighted by atomic mass is 10.1. The molecule has 0 fully saturated rings. The second kappa shape index (κ2) is 8.18. The van der Waals surface area contributed by atoms with Gasteiger partial charge in [-0.25, -0.2) is 0 Å². The highest BCUT2D eigenvalue weighted by Crippen LogP contribution is 2.22. The molecule has 7 heteroatoms. The van der Waals surface area contributed by atoms with Crippen molar-refractivity contribution in [3.8, 4) is 16.9 Å². The number of hydrogen-bond acceptors (Lipinski definition) is 4. The first kappa shape index (κ1) is 18.8. The summed E-state index contributed by atoms with van der Waals surface area (Å²) in [6.07, 6.45) is 3.45. The van der Waals surface area contributed by atoms with Crippen LogP contribution in [0, 0.1) is 5.92 Å². The van der Waals surface area contributed by atoms with E-state index in [9.17, 15) is 9.59 Å². The fourth-order valence-electron chi connectivity index (χ4n) is 2.79. The highest BCUT2D eigenvalue weighted by Gasteiger charge is 2.24. The lowest BCUT2D eigenvalue weighted by Crippen LogP contribution is -2.28. The number of carbonyl (C=O) groups is 1. The largest absolute Gasteiger partial charge is 0.383 e. The minimum absolute atomic E-state index is 0.238. The maximum absolute atomic E-state index is 12.9. The molecule has 0 unspecified atom stereocenters. The summed E-state index contributed by atoms with van der Waals surface area (Å²) in [6.45, 7) is 5.62. The van der Waals surface area contributed by atoms with Crippen LogP contribution < -0.4 is 10.9 Å². The Balaban J connectivity index is 2.11. The Hall–Kier alpha value is -2.93. The summed E-state index contributed by atoms with van der Waals surface area (Å²) in [4.78, 5) is 25.7. The number of carbonyl (C=O) groups excluding carboxylic acids is 1. The minimum atomic E-state index is -0.249. The standard InChI is InChI=1S/C20H24N4O3/c1-14(2)11-21-19(25)16-12-23(9-10-27-3)13-17-18(16)22-24(20(17)26)15-7-5-4-6-8-15/h4-8,12-14H,9-11H2,1-3H3,(H,21,25). The van der Waals surface area contributed by atoms with Crippen molar-refractivity contribution in [2.75, 3.05) is 20.3 Å². The van der Waals surface area contributed by atoms with Crippen LogP contribution in [0.4, 0.5) is 0 Å². The van der Waals surface area contributed by atoms with Crippen molar-refractivity contribution in [1.29, 1.82) is 0 Å². The molecule has 0 radical (unpaired) electrons. The number of hydrogen-bond donors (Lipinski definition) is 1. The van der Waals surface area contributed by atoms with E-state index in [0.29, 0.717) is 48.1 Å². The average molecular weight is 368 g/mol. The van der Waals surface area contributed by atoms with Crippen LogP contribution in [-0.4, -0.2) is 40.5 Å². The molecule has 27 heavy (non-hydrogen) atoms. The van der Waals surface area contributed by atoms with E-state index in [4.69, 9.17) is 4.74 Å². The number of nitrogens with one attached hydrogen (secondary N) is 1. The zero-order chi connectivity index (χ0) is 19.4. The van der Waals surface area contributed by atoms with E-state index in [1.54, 1.807) is 24.1 Å². The van der Waals surface area contributed by atoms with Crippen LogP contribution in [0.15, 0.2) is 47.5 Å². The summed E-state index contributed by atoms with van der Waals surface area (Å²) in [5, 5.41) is 7.36. The van der Waals surface area contributed by atoms with Gasteiger partial charge in [-0.15, -0.1) is 0 Å². The Bertz CT molecular complexity index is 944. The second-order valence-corrected chi connectivity index (χ2v) is 6.82. The van der Waals surface area contributed by atoms with Crippen molar-refractivity contribution in [2.45, 2.75) is 20.4 Å². The quantitative estimate of drug-likeness (QED) is 0.693. The molecule has 3 rings (SSSR count). The van der Waals surface area contributed by atoms with Crippen LogP contribution >= 0.6 is 0 Å². The van der Waals surface area contributed by atoms with Gasteiger partial charge < -0.3 is 14.6 Å². The van der Waals surface area contributed by atoms with Gasteiger partial charge in [0.25, 0.3) is 11.5 Å². The molecule has 7 nitrogen and oxygen atoms in total. The molecule has 0 aliphatic carbocycles. The predicted octanol–water partition coefficient (Wildman–Crippen LogP) is 2.17. The van der Waals surface area contributed by atoms with Crippen molar-refractivity contribution >= 4 is 5.91 Å². The van der Waals surface area contributed by atoms with Gasteiger partial charge >= 0.3 is 0 Å². The fraction of sp³-hybridized carbons (Fsp3) is 0.350. The average Bonchev–Trinajstić information content (AvgIpc) is 3.01. The van der Waals surface area contributed by atoms with E-state index in [0.717, 1.165) is 0 Å². The number of pyridine rings is 1. The van der Waals surface area contributed by atoms with E-state index >= 15 is 0 Å².